The van der Waals surface area contributed by atoms with Crippen LogP contribution in [0.5, 0.6) is 0 Å². The van der Waals surface area contributed by atoms with Crippen LogP contribution in [-0.4, -0.2) is 56.4 Å². The van der Waals surface area contributed by atoms with Gasteiger partial charge in [-0.05, 0) is 42.9 Å². The van der Waals surface area contributed by atoms with E-state index in [2.05, 4.69) is 21.8 Å². The van der Waals surface area contributed by atoms with E-state index in [1.54, 1.807) is 36.4 Å². The normalized spacial score (nSPS) is 17.0. The smallest absolute Gasteiger partial charge is 0.206 e. The van der Waals surface area contributed by atoms with Gasteiger partial charge >= 0.3 is 0 Å². The Morgan fingerprint density at radius 1 is 0.962 bits per heavy atom. The van der Waals surface area contributed by atoms with E-state index >= 15 is 0 Å². The third-order valence-electron chi connectivity index (χ3n) is 5.09. The van der Waals surface area contributed by atoms with Gasteiger partial charge in [-0.3, -0.25) is 4.90 Å². The minimum absolute atomic E-state index is 0.329. The zero-order chi connectivity index (χ0) is 18.1. The molecule has 6 heteroatoms. The number of piperazine rings is 1. The zero-order valence-corrected chi connectivity index (χ0v) is 15.7. The van der Waals surface area contributed by atoms with Crippen LogP contribution < -0.4 is 0 Å². The summed E-state index contributed by atoms with van der Waals surface area (Å²) < 4.78 is 25.8. The molecule has 4 rings (SSSR count). The molecule has 2 aromatic carbocycles. The van der Waals surface area contributed by atoms with Gasteiger partial charge < -0.3 is 9.88 Å². The maximum absolute atomic E-state index is 12.9. The fourth-order valence-electron chi connectivity index (χ4n) is 3.44. The van der Waals surface area contributed by atoms with Gasteiger partial charge in [0.1, 0.15) is 0 Å². The van der Waals surface area contributed by atoms with Crippen molar-refractivity contribution in [1.29, 1.82) is 0 Å². The molecule has 0 spiro atoms. The van der Waals surface area contributed by atoms with Crippen LogP contribution in [0.2, 0.25) is 0 Å². The first-order valence-corrected chi connectivity index (χ1v) is 10.3. The molecule has 26 heavy (non-hydrogen) atoms. The average Bonchev–Trinajstić information content (AvgIpc) is 3.06. The number of aromatic nitrogens is 1. The van der Waals surface area contributed by atoms with E-state index in [4.69, 9.17) is 0 Å². The maximum Gasteiger partial charge on any atom is 0.206 e. The average molecular weight is 369 g/mol. The van der Waals surface area contributed by atoms with Gasteiger partial charge in [0.05, 0.1) is 9.79 Å². The number of sulfone groups is 1. The predicted octanol–water partition coefficient (Wildman–Crippen LogP) is 2.75. The van der Waals surface area contributed by atoms with Crippen molar-refractivity contribution < 1.29 is 8.42 Å². The first-order valence-electron chi connectivity index (χ1n) is 8.85. The predicted molar refractivity (Wildman–Crippen MR) is 103 cm³/mol. The van der Waals surface area contributed by atoms with E-state index < -0.39 is 9.84 Å². The Hall–Kier alpha value is -2.15. The zero-order valence-electron chi connectivity index (χ0n) is 14.9. The summed E-state index contributed by atoms with van der Waals surface area (Å²) in [5.41, 5.74) is 2.12. The highest BCUT2D eigenvalue weighted by molar-refractivity contribution is 7.91. The third kappa shape index (κ3) is 3.28. The number of aromatic amines is 1. The lowest BCUT2D eigenvalue weighted by atomic mass is 10.1. The number of nitrogens with zero attached hydrogens (tertiary/aromatic N) is 2. The molecule has 1 saturated heterocycles. The summed E-state index contributed by atoms with van der Waals surface area (Å²) in [6, 6.07) is 14.0. The van der Waals surface area contributed by atoms with Gasteiger partial charge in [-0.1, -0.05) is 18.2 Å². The van der Waals surface area contributed by atoms with Crippen LogP contribution in [0.1, 0.15) is 5.56 Å². The van der Waals surface area contributed by atoms with Crippen LogP contribution in [0.3, 0.4) is 0 Å². The van der Waals surface area contributed by atoms with E-state index in [1.807, 2.05) is 18.3 Å². The number of hydrogen-bond donors (Lipinski definition) is 1. The van der Waals surface area contributed by atoms with E-state index in [0.717, 1.165) is 49.2 Å². The Morgan fingerprint density at radius 2 is 1.69 bits per heavy atom. The van der Waals surface area contributed by atoms with Crippen molar-refractivity contribution in [3.8, 4) is 0 Å². The lowest BCUT2D eigenvalue weighted by Crippen LogP contribution is -2.43. The van der Waals surface area contributed by atoms with Crippen molar-refractivity contribution in [1.82, 2.24) is 14.8 Å². The first-order chi connectivity index (χ1) is 12.5. The van der Waals surface area contributed by atoms with Crippen LogP contribution in [0, 0.1) is 0 Å². The van der Waals surface area contributed by atoms with Gasteiger partial charge in [-0.2, -0.15) is 0 Å². The van der Waals surface area contributed by atoms with Crippen LogP contribution in [-0.2, 0) is 16.4 Å². The number of benzene rings is 2. The molecule has 0 amide bonds. The van der Waals surface area contributed by atoms with E-state index in [-0.39, 0.29) is 0 Å². The van der Waals surface area contributed by atoms with Gasteiger partial charge in [-0.15, -0.1) is 0 Å². The quantitative estimate of drug-likeness (QED) is 0.768. The maximum atomic E-state index is 12.9. The fraction of sp³-hybridized carbons (Fsp3) is 0.300. The lowest BCUT2D eigenvalue weighted by molar-refractivity contribution is 0.148. The summed E-state index contributed by atoms with van der Waals surface area (Å²) in [6.07, 6.45) is 2.00. The highest BCUT2D eigenvalue weighted by Gasteiger charge is 2.20. The fourth-order valence-corrected chi connectivity index (χ4v) is 4.75. The van der Waals surface area contributed by atoms with Crippen molar-refractivity contribution in [3.63, 3.8) is 0 Å². The summed E-state index contributed by atoms with van der Waals surface area (Å²) >= 11 is 0. The Kier molecular flexibility index (Phi) is 4.56. The second kappa shape index (κ2) is 6.87. The number of rotatable bonds is 4. The van der Waals surface area contributed by atoms with Crippen molar-refractivity contribution in [2.45, 2.75) is 16.3 Å². The topological polar surface area (TPSA) is 56.4 Å². The van der Waals surface area contributed by atoms with Crippen molar-refractivity contribution in [2.75, 3.05) is 33.2 Å². The van der Waals surface area contributed by atoms with Crippen LogP contribution in [0.4, 0.5) is 0 Å². The molecule has 1 aromatic heterocycles. The second-order valence-electron chi connectivity index (χ2n) is 6.92. The summed E-state index contributed by atoms with van der Waals surface area (Å²) in [6.45, 7) is 5.03. The molecule has 5 nitrogen and oxygen atoms in total. The summed E-state index contributed by atoms with van der Waals surface area (Å²) in [5.74, 6) is 0. The number of nitrogens with one attached hydrogen (secondary N) is 1. The summed E-state index contributed by atoms with van der Waals surface area (Å²) in [5, 5.41) is 0.987. The molecule has 136 valence electrons. The molecule has 0 unspecified atom stereocenters. The molecule has 1 aliphatic rings. The summed E-state index contributed by atoms with van der Waals surface area (Å²) in [7, 11) is -1.36. The largest absolute Gasteiger partial charge is 0.361 e. The standard InChI is InChI=1S/C20H23N3O2S/c1-22-9-11-23(12-10-22)15-16-14-21-20-8-7-18(13-19(16)20)26(24,25)17-5-3-2-4-6-17/h2-8,13-14,21H,9-12,15H2,1H3. The highest BCUT2D eigenvalue weighted by atomic mass is 32.2. The SMILES string of the molecule is CN1CCN(Cc2c[nH]c3ccc(S(=O)(=O)c4ccccc4)cc23)CC1. The molecular weight excluding hydrogens is 346 g/mol. The van der Waals surface area contributed by atoms with E-state index in [1.165, 1.54) is 0 Å². The first kappa shape index (κ1) is 17.3. The van der Waals surface area contributed by atoms with E-state index in [0.29, 0.717) is 9.79 Å². The van der Waals surface area contributed by atoms with Gasteiger partial charge in [0.15, 0.2) is 0 Å². The molecule has 2 heterocycles. The second-order valence-corrected chi connectivity index (χ2v) is 8.87. The number of likely N-dealkylation sites (N-methyl/N-ethyl adjacent to an activating group) is 1. The molecular formula is C20H23N3O2S. The number of H-pyrrole nitrogens is 1. The minimum atomic E-state index is -3.50. The van der Waals surface area contributed by atoms with Crippen molar-refractivity contribution >= 4 is 20.7 Å². The molecule has 3 aromatic rings. The highest BCUT2D eigenvalue weighted by Crippen LogP contribution is 2.27. The molecule has 1 N–H and O–H groups in total. The molecule has 0 radical (unpaired) electrons. The number of fused-ring (bicyclic) bond motifs is 1. The molecule has 1 fully saturated rings. The van der Waals surface area contributed by atoms with Gasteiger partial charge in [-0.25, -0.2) is 8.42 Å². The lowest BCUT2D eigenvalue weighted by Gasteiger charge is -2.32. The molecule has 0 atom stereocenters. The Labute approximate surface area is 154 Å². The third-order valence-corrected chi connectivity index (χ3v) is 6.86. The van der Waals surface area contributed by atoms with Gasteiger partial charge in [0.25, 0.3) is 0 Å². The summed E-state index contributed by atoms with van der Waals surface area (Å²) in [4.78, 5) is 8.69. The Bertz CT molecular complexity index is 1000. The molecule has 0 aliphatic carbocycles. The van der Waals surface area contributed by atoms with Crippen LogP contribution in [0.25, 0.3) is 10.9 Å². The van der Waals surface area contributed by atoms with Crippen molar-refractivity contribution in [3.05, 3.63) is 60.3 Å². The van der Waals surface area contributed by atoms with Gasteiger partial charge in [0, 0.05) is 49.8 Å². The minimum Gasteiger partial charge on any atom is -0.361 e. The van der Waals surface area contributed by atoms with Crippen LogP contribution >= 0.6 is 0 Å². The monoisotopic (exact) mass is 369 g/mol. The Morgan fingerprint density at radius 3 is 2.42 bits per heavy atom. The van der Waals surface area contributed by atoms with E-state index in [9.17, 15) is 8.42 Å². The number of hydrogen-bond acceptors (Lipinski definition) is 4. The van der Waals surface area contributed by atoms with Crippen LogP contribution in [0.15, 0.2) is 64.5 Å². The van der Waals surface area contributed by atoms with Gasteiger partial charge in [0.2, 0.25) is 9.84 Å². The van der Waals surface area contributed by atoms with Crippen molar-refractivity contribution in [2.24, 2.45) is 0 Å². The molecule has 1 aliphatic heterocycles. The Balaban J connectivity index is 1.67. The molecule has 0 saturated carbocycles. The molecule has 0 bridgehead atoms.